The second kappa shape index (κ2) is 8.31. The minimum atomic E-state index is -0.135. The van der Waals surface area contributed by atoms with Crippen molar-refractivity contribution in [2.24, 2.45) is 5.92 Å². The Morgan fingerprint density at radius 3 is 2.77 bits per heavy atom. The highest BCUT2D eigenvalue weighted by atomic mass is 32.1. The molecule has 1 saturated heterocycles. The van der Waals surface area contributed by atoms with E-state index in [1.54, 1.807) is 32.4 Å². The lowest BCUT2D eigenvalue weighted by Gasteiger charge is -2.31. The molecule has 158 valence electrons. The maximum atomic E-state index is 12.9. The highest BCUT2D eigenvalue weighted by Gasteiger charge is 2.28. The molecular weight excluding hydrogens is 418 g/mol. The smallest absolute Gasteiger partial charge is 0.265 e. The molecule has 30 heavy (non-hydrogen) atoms. The molecule has 0 aliphatic carbocycles. The third kappa shape index (κ3) is 4.17. The molecule has 0 saturated carbocycles. The van der Waals surface area contributed by atoms with Crippen molar-refractivity contribution in [3.63, 3.8) is 0 Å². The Kier molecular flexibility index (Phi) is 5.75. The first-order valence-electron chi connectivity index (χ1n) is 9.94. The van der Waals surface area contributed by atoms with E-state index in [1.807, 2.05) is 0 Å². The summed E-state index contributed by atoms with van der Waals surface area (Å²) >= 11 is 2.91. The number of thiazole rings is 2. The number of aryl methyl sites for hydroxylation is 2. The van der Waals surface area contributed by atoms with Gasteiger partial charge in [0.15, 0.2) is 10.3 Å². The van der Waals surface area contributed by atoms with Crippen LogP contribution in [-0.4, -0.2) is 53.9 Å². The fourth-order valence-corrected chi connectivity index (χ4v) is 5.67. The summed E-state index contributed by atoms with van der Waals surface area (Å²) in [7, 11) is 3.42. The van der Waals surface area contributed by atoms with Gasteiger partial charge in [0.1, 0.15) is 4.88 Å². The Hall–Kier alpha value is -2.52. The predicted octanol–water partition coefficient (Wildman–Crippen LogP) is 3.93. The molecule has 1 aliphatic heterocycles. The number of carbonyl (C=O) groups is 2. The zero-order valence-electron chi connectivity index (χ0n) is 17.6. The zero-order valence-corrected chi connectivity index (χ0v) is 19.2. The lowest BCUT2D eigenvalue weighted by atomic mass is 9.97. The predicted molar refractivity (Wildman–Crippen MR) is 123 cm³/mol. The van der Waals surface area contributed by atoms with Gasteiger partial charge < -0.3 is 15.1 Å². The fourth-order valence-electron chi connectivity index (χ4n) is 3.58. The molecule has 0 spiro atoms. The molecule has 0 radical (unpaired) electrons. The van der Waals surface area contributed by atoms with Gasteiger partial charge in [0.2, 0.25) is 5.91 Å². The Morgan fingerprint density at radius 2 is 2.00 bits per heavy atom. The second-order valence-electron chi connectivity index (χ2n) is 7.88. The molecule has 1 fully saturated rings. The first-order chi connectivity index (χ1) is 14.3. The van der Waals surface area contributed by atoms with Gasteiger partial charge in [-0.25, -0.2) is 9.97 Å². The lowest BCUT2D eigenvalue weighted by Crippen LogP contribution is -2.40. The molecule has 3 aromatic rings. The van der Waals surface area contributed by atoms with Crippen LogP contribution in [0, 0.1) is 19.8 Å². The van der Waals surface area contributed by atoms with E-state index in [-0.39, 0.29) is 17.7 Å². The van der Waals surface area contributed by atoms with Crippen LogP contribution in [0.2, 0.25) is 0 Å². The topological polar surface area (TPSA) is 78.4 Å². The fraction of sp³-hybridized carbons (Fsp3) is 0.429. The number of amides is 2. The Labute approximate surface area is 183 Å². The minimum absolute atomic E-state index is 0.0470. The number of hydrogen-bond acceptors (Lipinski definition) is 7. The second-order valence-corrected chi connectivity index (χ2v) is 9.88. The number of hydrogen-bond donors (Lipinski definition) is 1. The summed E-state index contributed by atoms with van der Waals surface area (Å²) in [5.41, 5.74) is 2.87. The van der Waals surface area contributed by atoms with Crippen molar-refractivity contribution in [1.82, 2.24) is 14.9 Å². The summed E-state index contributed by atoms with van der Waals surface area (Å²) in [4.78, 5) is 38.6. The number of carbonyl (C=O) groups excluding carboxylic acids is 2. The van der Waals surface area contributed by atoms with E-state index in [1.165, 1.54) is 26.5 Å². The van der Waals surface area contributed by atoms with Gasteiger partial charge in [-0.15, -0.1) is 0 Å². The van der Waals surface area contributed by atoms with Crippen molar-refractivity contribution in [2.75, 3.05) is 37.4 Å². The quantitative estimate of drug-likeness (QED) is 0.661. The molecule has 9 heteroatoms. The maximum absolute atomic E-state index is 12.9. The third-order valence-electron chi connectivity index (χ3n) is 5.22. The number of rotatable bonds is 4. The zero-order chi connectivity index (χ0) is 21.4. The van der Waals surface area contributed by atoms with Crippen LogP contribution in [0.5, 0.6) is 0 Å². The van der Waals surface area contributed by atoms with Gasteiger partial charge >= 0.3 is 0 Å². The van der Waals surface area contributed by atoms with E-state index in [0.29, 0.717) is 22.2 Å². The van der Waals surface area contributed by atoms with E-state index < -0.39 is 0 Å². The number of anilines is 2. The third-order valence-corrected chi connectivity index (χ3v) is 7.36. The van der Waals surface area contributed by atoms with Crippen LogP contribution in [0.3, 0.4) is 0 Å². The normalized spacial score (nSPS) is 16.7. The molecule has 7 nitrogen and oxygen atoms in total. The van der Waals surface area contributed by atoms with Crippen molar-refractivity contribution in [2.45, 2.75) is 26.7 Å². The molecule has 4 rings (SSSR count). The monoisotopic (exact) mass is 443 g/mol. The van der Waals surface area contributed by atoms with E-state index in [2.05, 4.69) is 40.3 Å². The first-order valence-corrected chi connectivity index (χ1v) is 11.6. The molecule has 3 heterocycles. The largest absolute Gasteiger partial charge is 0.347 e. The standard InChI is InChI=1S/C21H25N5O2S2/c1-12-7-8-15-16(10-12)29-21(23-15)26-9-5-6-14(11-26)18(27)24-20-22-13(2)17(30-20)19(28)25(3)4/h7-8,10,14H,5-6,9,11H2,1-4H3,(H,22,24,27). The number of benzene rings is 1. The molecule has 1 N–H and O–H groups in total. The summed E-state index contributed by atoms with van der Waals surface area (Å²) < 4.78 is 1.17. The highest BCUT2D eigenvalue weighted by Crippen LogP contribution is 2.32. The maximum Gasteiger partial charge on any atom is 0.265 e. The van der Waals surface area contributed by atoms with Crippen LogP contribution < -0.4 is 10.2 Å². The van der Waals surface area contributed by atoms with Gasteiger partial charge in [-0.2, -0.15) is 0 Å². The van der Waals surface area contributed by atoms with Crippen LogP contribution in [0.25, 0.3) is 10.2 Å². The molecule has 2 aromatic heterocycles. The van der Waals surface area contributed by atoms with Gasteiger partial charge in [-0.3, -0.25) is 9.59 Å². The molecule has 1 aromatic carbocycles. The minimum Gasteiger partial charge on any atom is -0.347 e. The summed E-state index contributed by atoms with van der Waals surface area (Å²) in [6.07, 6.45) is 1.77. The average molecular weight is 444 g/mol. The number of nitrogens with one attached hydrogen (secondary N) is 1. The number of aromatic nitrogens is 2. The van der Waals surface area contributed by atoms with E-state index >= 15 is 0 Å². The van der Waals surface area contributed by atoms with Crippen molar-refractivity contribution in [3.8, 4) is 0 Å². The summed E-state index contributed by atoms with van der Waals surface area (Å²) in [6, 6.07) is 6.28. The van der Waals surface area contributed by atoms with Crippen LogP contribution in [0.4, 0.5) is 10.3 Å². The summed E-state index contributed by atoms with van der Waals surface area (Å²) in [6.45, 7) is 5.41. The molecule has 2 amide bonds. The molecule has 1 unspecified atom stereocenters. The van der Waals surface area contributed by atoms with Crippen LogP contribution in [0.15, 0.2) is 18.2 Å². The Balaban J connectivity index is 1.46. The molecule has 1 atom stereocenters. The van der Waals surface area contributed by atoms with E-state index in [9.17, 15) is 9.59 Å². The van der Waals surface area contributed by atoms with Crippen molar-refractivity contribution >= 4 is 55.0 Å². The first kappa shape index (κ1) is 20.7. The van der Waals surface area contributed by atoms with Crippen LogP contribution in [0.1, 0.15) is 33.8 Å². The Bertz CT molecular complexity index is 1100. The van der Waals surface area contributed by atoms with E-state index in [4.69, 9.17) is 4.98 Å². The SMILES string of the molecule is Cc1ccc2nc(N3CCCC(C(=O)Nc4nc(C)c(C(=O)N(C)C)s4)C3)sc2c1. The van der Waals surface area contributed by atoms with Gasteiger partial charge in [0.05, 0.1) is 21.8 Å². The molecular formula is C21H25N5O2S2. The van der Waals surface area contributed by atoms with Crippen LogP contribution >= 0.6 is 22.7 Å². The number of piperidine rings is 1. The summed E-state index contributed by atoms with van der Waals surface area (Å²) in [5.74, 6) is -0.278. The lowest BCUT2D eigenvalue weighted by molar-refractivity contribution is -0.120. The summed E-state index contributed by atoms with van der Waals surface area (Å²) in [5, 5.41) is 4.38. The van der Waals surface area contributed by atoms with Crippen molar-refractivity contribution in [3.05, 3.63) is 34.3 Å². The molecule has 1 aliphatic rings. The Morgan fingerprint density at radius 1 is 1.20 bits per heavy atom. The molecule has 0 bridgehead atoms. The van der Waals surface area contributed by atoms with Crippen molar-refractivity contribution < 1.29 is 9.59 Å². The number of nitrogens with zero attached hydrogens (tertiary/aromatic N) is 4. The van der Waals surface area contributed by atoms with Gasteiger partial charge in [0, 0.05) is 27.2 Å². The van der Waals surface area contributed by atoms with E-state index in [0.717, 1.165) is 30.0 Å². The highest BCUT2D eigenvalue weighted by molar-refractivity contribution is 7.22. The van der Waals surface area contributed by atoms with Crippen molar-refractivity contribution in [1.29, 1.82) is 0 Å². The van der Waals surface area contributed by atoms with Gasteiger partial charge in [-0.1, -0.05) is 28.7 Å². The van der Waals surface area contributed by atoms with Gasteiger partial charge in [-0.05, 0) is 44.4 Å². The average Bonchev–Trinajstić information content (AvgIpc) is 3.30. The van der Waals surface area contributed by atoms with Crippen LogP contribution in [-0.2, 0) is 4.79 Å². The van der Waals surface area contributed by atoms with Gasteiger partial charge in [0.25, 0.3) is 5.91 Å². The number of fused-ring (bicyclic) bond motifs is 1.